The van der Waals surface area contributed by atoms with Crippen molar-refractivity contribution in [3.05, 3.63) is 69.8 Å². The highest BCUT2D eigenvalue weighted by Crippen LogP contribution is 2.50. The van der Waals surface area contributed by atoms with Gasteiger partial charge in [0.05, 0.1) is 0 Å². The third-order valence-corrected chi connectivity index (χ3v) is 5.73. The molecule has 0 aliphatic heterocycles. The molecule has 0 amide bonds. The van der Waals surface area contributed by atoms with E-state index in [0.717, 1.165) is 25.7 Å². The Morgan fingerprint density at radius 2 is 1.32 bits per heavy atom. The van der Waals surface area contributed by atoms with Gasteiger partial charge in [-0.1, -0.05) is 48.6 Å². The minimum atomic E-state index is 1.08. The molecular weight excluding hydrogens is 264 g/mol. The van der Waals surface area contributed by atoms with Gasteiger partial charge >= 0.3 is 0 Å². The number of rotatable bonds is 0. The molecule has 0 nitrogen and oxygen atoms in total. The largest absolute Gasteiger partial charge is 0.0795 e. The van der Waals surface area contributed by atoms with Crippen LogP contribution in [0.5, 0.6) is 0 Å². The normalized spacial score (nSPS) is 19.3. The molecule has 0 saturated carbocycles. The maximum absolute atomic E-state index is 2.46. The zero-order chi connectivity index (χ0) is 14.3. The van der Waals surface area contributed by atoms with Gasteiger partial charge < -0.3 is 0 Å². The fraction of sp³-hybridized carbons (Fsp3) is 0.182. The minimum Gasteiger partial charge on any atom is -0.0795 e. The SMILES string of the molecule is C1=Cc2c3c4c5c(ccc6c5c2C=CC6)CC=C4CC=C3C1. The minimum absolute atomic E-state index is 1.08. The van der Waals surface area contributed by atoms with Crippen LogP contribution in [0, 0.1) is 0 Å². The van der Waals surface area contributed by atoms with Crippen LogP contribution in [0.2, 0.25) is 0 Å². The molecule has 2 aromatic carbocycles. The lowest BCUT2D eigenvalue weighted by atomic mass is 9.71. The van der Waals surface area contributed by atoms with E-state index in [1.165, 1.54) is 33.2 Å². The van der Waals surface area contributed by atoms with Crippen LogP contribution in [0.25, 0.3) is 34.1 Å². The second-order valence-corrected chi connectivity index (χ2v) is 6.79. The van der Waals surface area contributed by atoms with Crippen LogP contribution >= 0.6 is 0 Å². The first-order valence-electron chi connectivity index (χ1n) is 8.28. The molecule has 0 aromatic heterocycles. The van der Waals surface area contributed by atoms with Crippen molar-refractivity contribution in [2.24, 2.45) is 0 Å². The van der Waals surface area contributed by atoms with Crippen LogP contribution in [0.15, 0.2) is 36.4 Å². The van der Waals surface area contributed by atoms with Gasteiger partial charge in [0.2, 0.25) is 0 Å². The molecule has 0 heterocycles. The quantitative estimate of drug-likeness (QED) is 0.593. The van der Waals surface area contributed by atoms with Gasteiger partial charge in [0.1, 0.15) is 0 Å². The molecule has 22 heavy (non-hydrogen) atoms. The molecule has 0 fully saturated rings. The van der Waals surface area contributed by atoms with Crippen molar-refractivity contribution in [3.8, 4) is 0 Å². The number of benzene rings is 2. The lowest BCUT2D eigenvalue weighted by Gasteiger charge is -2.32. The lowest BCUT2D eigenvalue weighted by Crippen LogP contribution is -2.12. The highest BCUT2D eigenvalue weighted by molar-refractivity contribution is 6.12. The second-order valence-electron chi connectivity index (χ2n) is 6.79. The highest BCUT2D eigenvalue weighted by atomic mass is 14.3. The molecule has 6 rings (SSSR count). The maximum Gasteiger partial charge on any atom is -0.00579 e. The predicted octanol–water partition coefficient (Wildman–Crippen LogP) is 5.55. The summed E-state index contributed by atoms with van der Waals surface area (Å²) in [6, 6.07) is 4.72. The van der Waals surface area contributed by atoms with Crippen molar-refractivity contribution in [1.29, 1.82) is 0 Å². The Kier molecular flexibility index (Phi) is 1.89. The second kappa shape index (κ2) is 3.70. The first kappa shape index (κ1) is 11.3. The molecule has 0 unspecified atom stereocenters. The van der Waals surface area contributed by atoms with E-state index in [1.54, 1.807) is 22.1 Å². The number of hydrogen-bond donors (Lipinski definition) is 0. The van der Waals surface area contributed by atoms with Gasteiger partial charge in [-0.15, -0.1) is 0 Å². The summed E-state index contributed by atoms with van der Waals surface area (Å²) in [5.74, 6) is 0. The monoisotopic (exact) mass is 280 g/mol. The molecule has 0 radical (unpaired) electrons. The van der Waals surface area contributed by atoms with Crippen molar-refractivity contribution < 1.29 is 0 Å². The van der Waals surface area contributed by atoms with Crippen LogP contribution in [0.4, 0.5) is 0 Å². The van der Waals surface area contributed by atoms with Gasteiger partial charge in [0, 0.05) is 0 Å². The van der Waals surface area contributed by atoms with Crippen molar-refractivity contribution in [3.63, 3.8) is 0 Å². The highest BCUT2D eigenvalue weighted by Gasteiger charge is 2.29. The number of fused-ring (bicyclic) bond motifs is 1. The Balaban J connectivity index is 1.96. The van der Waals surface area contributed by atoms with Crippen molar-refractivity contribution in [1.82, 2.24) is 0 Å². The Labute approximate surface area is 130 Å². The molecule has 4 aliphatic carbocycles. The van der Waals surface area contributed by atoms with Crippen LogP contribution in [-0.2, 0) is 12.8 Å². The lowest BCUT2D eigenvalue weighted by molar-refractivity contribution is 1.18. The number of allylic oxidation sites excluding steroid dienone is 6. The molecule has 4 aliphatic rings. The molecule has 0 heteroatoms. The summed E-state index contributed by atoms with van der Waals surface area (Å²) in [7, 11) is 0. The third-order valence-electron chi connectivity index (χ3n) is 5.73. The van der Waals surface area contributed by atoms with E-state index in [4.69, 9.17) is 0 Å². The molecule has 0 spiro atoms. The average Bonchev–Trinajstić information content (AvgIpc) is 2.59. The molecule has 0 atom stereocenters. The topological polar surface area (TPSA) is 0 Å². The third kappa shape index (κ3) is 1.17. The van der Waals surface area contributed by atoms with Crippen molar-refractivity contribution in [2.75, 3.05) is 0 Å². The van der Waals surface area contributed by atoms with Gasteiger partial charge in [-0.25, -0.2) is 0 Å². The van der Waals surface area contributed by atoms with Gasteiger partial charge in [0.15, 0.2) is 0 Å². The predicted molar refractivity (Wildman–Crippen MR) is 94.6 cm³/mol. The van der Waals surface area contributed by atoms with Crippen LogP contribution in [-0.4, -0.2) is 0 Å². The maximum atomic E-state index is 2.46. The molecule has 0 bridgehead atoms. The Morgan fingerprint density at radius 1 is 0.591 bits per heavy atom. The zero-order valence-corrected chi connectivity index (χ0v) is 12.4. The van der Waals surface area contributed by atoms with E-state index in [0.29, 0.717) is 0 Å². The van der Waals surface area contributed by atoms with Gasteiger partial charge in [-0.3, -0.25) is 0 Å². The Morgan fingerprint density at radius 3 is 2.27 bits per heavy atom. The molecular formula is C22H16. The first-order chi connectivity index (χ1) is 10.9. The summed E-state index contributed by atoms with van der Waals surface area (Å²) in [5.41, 5.74) is 12.1. The molecule has 104 valence electrons. The molecule has 0 saturated heterocycles. The van der Waals surface area contributed by atoms with E-state index in [-0.39, 0.29) is 0 Å². The summed E-state index contributed by atoms with van der Waals surface area (Å²) < 4.78 is 0. The van der Waals surface area contributed by atoms with E-state index in [9.17, 15) is 0 Å². The van der Waals surface area contributed by atoms with E-state index < -0.39 is 0 Å². The number of hydrogen-bond acceptors (Lipinski definition) is 0. The van der Waals surface area contributed by atoms with Crippen molar-refractivity contribution >= 4 is 34.1 Å². The summed E-state index contributed by atoms with van der Waals surface area (Å²) in [5, 5.41) is 3.10. The zero-order valence-electron chi connectivity index (χ0n) is 12.4. The fourth-order valence-corrected chi connectivity index (χ4v) is 4.80. The van der Waals surface area contributed by atoms with Crippen LogP contribution < -0.4 is 0 Å². The summed E-state index contributed by atoms with van der Waals surface area (Å²) in [6.45, 7) is 0. The molecule has 2 aromatic rings. The Hall–Kier alpha value is -2.34. The van der Waals surface area contributed by atoms with Gasteiger partial charge in [0.25, 0.3) is 0 Å². The fourth-order valence-electron chi connectivity index (χ4n) is 4.80. The Bertz CT molecular complexity index is 1010. The summed E-state index contributed by atoms with van der Waals surface area (Å²) in [6.07, 6.45) is 18.7. The molecule has 0 N–H and O–H groups in total. The van der Waals surface area contributed by atoms with Gasteiger partial charge in [-0.05, 0) is 81.0 Å². The summed E-state index contributed by atoms with van der Waals surface area (Å²) >= 11 is 0. The van der Waals surface area contributed by atoms with E-state index in [2.05, 4.69) is 48.6 Å². The van der Waals surface area contributed by atoms with Crippen molar-refractivity contribution in [2.45, 2.75) is 25.7 Å². The van der Waals surface area contributed by atoms with E-state index in [1.807, 2.05) is 0 Å². The van der Waals surface area contributed by atoms with E-state index >= 15 is 0 Å². The summed E-state index contributed by atoms with van der Waals surface area (Å²) in [4.78, 5) is 0. The average molecular weight is 280 g/mol. The van der Waals surface area contributed by atoms with Crippen LogP contribution in [0.1, 0.15) is 46.2 Å². The smallest absolute Gasteiger partial charge is 0.00579 e. The van der Waals surface area contributed by atoms with Crippen LogP contribution in [0.3, 0.4) is 0 Å². The standard InChI is InChI=1S/C22H16/c1-3-13-7-9-15-11-12-16-10-8-14-4-2-6-18-17(5-1)19(13)21(15)22(16)20(14)18/h1-2,5-9,12H,3-4,10-11H2. The van der Waals surface area contributed by atoms with Gasteiger partial charge in [-0.2, -0.15) is 0 Å². The first-order valence-corrected chi connectivity index (χ1v) is 8.28.